The number of ether oxygens (including phenoxy) is 1. The molecule has 0 radical (unpaired) electrons. The molecule has 6 heteroatoms. The second-order valence-corrected chi connectivity index (χ2v) is 7.02. The second-order valence-electron chi connectivity index (χ2n) is 7.02. The van der Waals surface area contributed by atoms with E-state index >= 15 is 0 Å². The minimum Gasteiger partial charge on any atom is -0.497 e. The summed E-state index contributed by atoms with van der Waals surface area (Å²) in [7, 11) is 1.62. The van der Waals surface area contributed by atoms with Gasteiger partial charge < -0.3 is 14.7 Å². The summed E-state index contributed by atoms with van der Waals surface area (Å²) in [6.45, 7) is 5.21. The number of nitrogens with zero attached hydrogens (tertiary/aromatic N) is 3. The number of methoxy groups -OCH3 is 1. The quantitative estimate of drug-likeness (QED) is 0.888. The zero-order valence-electron chi connectivity index (χ0n) is 15.5. The van der Waals surface area contributed by atoms with Crippen LogP contribution >= 0.6 is 0 Å². The highest BCUT2D eigenvalue weighted by atomic mass is 16.5. The predicted octanol–water partition coefficient (Wildman–Crippen LogP) is 3.02. The molecule has 3 rings (SSSR count). The maximum atomic E-state index is 12.1. The molecule has 1 aliphatic rings. The fourth-order valence-electron chi connectivity index (χ4n) is 3.62. The lowest BCUT2D eigenvalue weighted by molar-refractivity contribution is -0.150. The van der Waals surface area contributed by atoms with Gasteiger partial charge in [0.2, 0.25) is 0 Å². The summed E-state index contributed by atoms with van der Waals surface area (Å²) in [6, 6.07) is 7.68. The summed E-state index contributed by atoms with van der Waals surface area (Å²) in [5, 5.41) is 9.96. The van der Waals surface area contributed by atoms with E-state index in [1.165, 1.54) is 0 Å². The number of hydrogen-bond donors (Lipinski definition) is 1. The minimum absolute atomic E-state index is 0.509. The fourth-order valence-corrected chi connectivity index (χ4v) is 3.62. The Balaban J connectivity index is 1.78. The van der Waals surface area contributed by atoms with Crippen LogP contribution < -0.4 is 9.64 Å². The molecule has 1 saturated heterocycles. The second kappa shape index (κ2) is 7.32. The molecule has 0 saturated carbocycles. The average molecular weight is 355 g/mol. The van der Waals surface area contributed by atoms with E-state index in [2.05, 4.69) is 14.9 Å². The Morgan fingerprint density at radius 2 is 2.04 bits per heavy atom. The van der Waals surface area contributed by atoms with Gasteiger partial charge in [0.25, 0.3) is 0 Å². The lowest BCUT2D eigenvalue weighted by Crippen LogP contribution is -2.46. The molecule has 0 aliphatic carbocycles. The first-order valence-corrected chi connectivity index (χ1v) is 8.85. The van der Waals surface area contributed by atoms with Gasteiger partial charge in [-0.3, -0.25) is 4.79 Å². The maximum absolute atomic E-state index is 12.1. The molecule has 0 bridgehead atoms. The van der Waals surface area contributed by atoms with Gasteiger partial charge in [0.1, 0.15) is 17.4 Å². The molecule has 6 nitrogen and oxygen atoms in total. The van der Waals surface area contributed by atoms with Crippen molar-refractivity contribution in [1.29, 1.82) is 0 Å². The lowest BCUT2D eigenvalue weighted by atomic mass is 9.73. The summed E-state index contributed by atoms with van der Waals surface area (Å²) in [5.41, 5.74) is 1.26. The van der Waals surface area contributed by atoms with Crippen molar-refractivity contribution in [3.8, 4) is 5.75 Å². The molecular weight excluding hydrogens is 330 g/mol. The summed E-state index contributed by atoms with van der Waals surface area (Å²) >= 11 is 0. The van der Waals surface area contributed by atoms with E-state index in [9.17, 15) is 9.90 Å². The molecule has 1 aromatic heterocycles. The van der Waals surface area contributed by atoms with E-state index in [-0.39, 0.29) is 0 Å². The molecule has 26 heavy (non-hydrogen) atoms. The number of carboxylic acid groups (broad SMARTS) is 1. The van der Waals surface area contributed by atoms with Gasteiger partial charge in [-0.25, -0.2) is 9.97 Å². The maximum Gasteiger partial charge on any atom is 0.310 e. The number of carboxylic acids is 1. The van der Waals surface area contributed by atoms with Crippen molar-refractivity contribution in [2.24, 2.45) is 5.41 Å². The fraction of sp³-hybridized carbons (Fsp3) is 0.450. The molecule has 0 atom stereocenters. The molecule has 1 N–H and O–H groups in total. The smallest absolute Gasteiger partial charge is 0.310 e. The van der Waals surface area contributed by atoms with Crippen LogP contribution in [0.4, 0.5) is 5.82 Å². The number of rotatable bonds is 5. The summed E-state index contributed by atoms with van der Waals surface area (Å²) in [6.07, 6.45) is 3.51. The standard InChI is InChI=1S/C20H25N3O3/c1-14-13-21-15(2)22-18(14)23-9-7-20(8-10-23,19(24)25)12-16-5-4-6-17(11-16)26-3/h4-6,11,13H,7-10,12H2,1-3H3,(H,24,25). The van der Waals surface area contributed by atoms with Crippen LogP contribution in [0.1, 0.15) is 29.8 Å². The number of carbonyl (C=O) groups is 1. The van der Waals surface area contributed by atoms with Gasteiger partial charge in [0, 0.05) is 24.8 Å². The van der Waals surface area contributed by atoms with Crippen LogP contribution in [0.25, 0.3) is 0 Å². The summed E-state index contributed by atoms with van der Waals surface area (Å²) < 4.78 is 5.27. The van der Waals surface area contributed by atoms with Gasteiger partial charge in [-0.15, -0.1) is 0 Å². The third-order valence-electron chi connectivity index (χ3n) is 5.22. The SMILES string of the molecule is COc1cccc(CC2(C(=O)O)CCN(c3nc(C)ncc3C)CC2)c1. The molecule has 2 aromatic rings. The monoisotopic (exact) mass is 355 g/mol. The molecule has 0 unspecified atom stereocenters. The van der Waals surface area contributed by atoms with Crippen LogP contribution in [-0.2, 0) is 11.2 Å². The van der Waals surface area contributed by atoms with E-state index in [1.807, 2.05) is 44.3 Å². The van der Waals surface area contributed by atoms with Gasteiger partial charge in [0.05, 0.1) is 12.5 Å². The number of aliphatic carboxylic acids is 1. The van der Waals surface area contributed by atoms with Crippen molar-refractivity contribution >= 4 is 11.8 Å². The van der Waals surface area contributed by atoms with Crippen LogP contribution in [0.15, 0.2) is 30.5 Å². The zero-order valence-corrected chi connectivity index (χ0v) is 15.5. The largest absolute Gasteiger partial charge is 0.497 e. The first kappa shape index (κ1) is 18.2. The van der Waals surface area contributed by atoms with Crippen LogP contribution in [-0.4, -0.2) is 41.2 Å². The summed E-state index contributed by atoms with van der Waals surface area (Å²) in [4.78, 5) is 23.1. The number of hydrogen-bond acceptors (Lipinski definition) is 5. The Morgan fingerprint density at radius 3 is 2.69 bits per heavy atom. The van der Waals surface area contributed by atoms with Crippen molar-refractivity contribution in [3.63, 3.8) is 0 Å². The van der Waals surface area contributed by atoms with Gasteiger partial charge in [-0.2, -0.15) is 0 Å². The minimum atomic E-state index is -0.751. The number of aryl methyl sites for hydroxylation is 2. The highest BCUT2D eigenvalue weighted by molar-refractivity contribution is 5.75. The molecule has 1 fully saturated rings. The Kier molecular flexibility index (Phi) is 5.11. The Hall–Kier alpha value is -2.63. The third-order valence-corrected chi connectivity index (χ3v) is 5.22. The number of anilines is 1. The number of benzene rings is 1. The van der Waals surface area contributed by atoms with Crippen molar-refractivity contribution in [2.75, 3.05) is 25.1 Å². The number of aromatic nitrogens is 2. The van der Waals surface area contributed by atoms with E-state index in [4.69, 9.17) is 4.74 Å². The molecule has 0 amide bonds. The van der Waals surface area contributed by atoms with Crippen molar-refractivity contribution in [3.05, 3.63) is 47.4 Å². The third kappa shape index (κ3) is 3.64. The van der Waals surface area contributed by atoms with Crippen molar-refractivity contribution in [2.45, 2.75) is 33.1 Å². The molecule has 0 spiro atoms. The van der Waals surface area contributed by atoms with Gasteiger partial charge in [-0.1, -0.05) is 12.1 Å². The van der Waals surface area contributed by atoms with Crippen molar-refractivity contribution < 1.29 is 14.6 Å². The van der Waals surface area contributed by atoms with Crippen LogP contribution in [0.2, 0.25) is 0 Å². The molecule has 1 aromatic carbocycles. The van der Waals surface area contributed by atoms with Crippen LogP contribution in [0.5, 0.6) is 5.75 Å². The predicted molar refractivity (Wildman–Crippen MR) is 99.7 cm³/mol. The van der Waals surface area contributed by atoms with Gasteiger partial charge >= 0.3 is 5.97 Å². The highest BCUT2D eigenvalue weighted by Gasteiger charge is 2.42. The number of piperidine rings is 1. The van der Waals surface area contributed by atoms with Crippen LogP contribution in [0.3, 0.4) is 0 Å². The van der Waals surface area contributed by atoms with Gasteiger partial charge in [0.15, 0.2) is 0 Å². The van der Waals surface area contributed by atoms with E-state index in [1.54, 1.807) is 7.11 Å². The highest BCUT2D eigenvalue weighted by Crippen LogP contribution is 2.37. The van der Waals surface area contributed by atoms with Crippen molar-refractivity contribution in [1.82, 2.24) is 9.97 Å². The first-order valence-electron chi connectivity index (χ1n) is 8.85. The topological polar surface area (TPSA) is 75.6 Å². The molecule has 138 valence electrons. The van der Waals surface area contributed by atoms with Crippen LogP contribution in [0, 0.1) is 19.3 Å². The van der Waals surface area contributed by atoms with E-state index < -0.39 is 11.4 Å². The Labute approximate surface area is 153 Å². The first-order chi connectivity index (χ1) is 12.4. The average Bonchev–Trinajstić information content (AvgIpc) is 2.64. The summed E-state index contributed by atoms with van der Waals surface area (Å²) in [5.74, 6) is 1.68. The van der Waals surface area contributed by atoms with E-state index in [0.717, 1.165) is 28.5 Å². The molecule has 1 aliphatic heterocycles. The normalized spacial score (nSPS) is 16.3. The lowest BCUT2D eigenvalue weighted by Gasteiger charge is -2.40. The zero-order chi connectivity index (χ0) is 18.7. The van der Waals surface area contributed by atoms with E-state index in [0.29, 0.717) is 32.4 Å². The van der Waals surface area contributed by atoms with Gasteiger partial charge in [-0.05, 0) is 50.8 Å². The molecule has 2 heterocycles. The Bertz CT molecular complexity index is 799. The molecular formula is C20H25N3O3. The Morgan fingerprint density at radius 1 is 1.31 bits per heavy atom.